The first-order valence-corrected chi connectivity index (χ1v) is 11.0. The molecule has 2 aromatic heterocycles. The molecule has 0 saturated heterocycles. The van der Waals surface area contributed by atoms with Gasteiger partial charge in [-0.1, -0.05) is 56.3 Å². The van der Waals surface area contributed by atoms with E-state index < -0.39 is 5.82 Å². The van der Waals surface area contributed by atoms with Crippen molar-refractivity contribution >= 4 is 11.8 Å². The summed E-state index contributed by atoms with van der Waals surface area (Å²) < 4.78 is 19.7. The first kappa shape index (κ1) is 23.0. The maximum atomic E-state index is 14.1. The Hall–Kier alpha value is -4.19. The van der Waals surface area contributed by atoms with Gasteiger partial charge in [0, 0.05) is 18.0 Å². The molecule has 170 valence electrons. The lowest BCUT2D eigenvalue weighted by Gasteiger charge is -2.17. The number of nitrogens with one attached hydrogen (secondary N) is 2. The molecule has 0 atom stereocenters. The molecule has 34 heavy (non-hydrogen) atoms. The SMILES string of the molecule is CC(C)c1ccccc1-c1ccc(F)cc1C(=N)OC(=N)Cc1ccc(-c2ccccn2)nc1. The van der Waals surface area contributed by atoms with Gasteiger partial charge < -0.3 is 4.74 Å². The number of rotatable bonds is 6. The quantitative estimate of drug-likeness (QED) is 0.254. The largest absolute Gasteiger partial charge is 0.425 e. The highest BCUT2D eigenvalue weighted by Gasteiger charge is 2.18. The Morgan fingerprint density at radius 3 is 2.35 bits per heavy atom. The van der Waals surface area contributed by atoms with Crippen LogP contribution < -0.4 is 0 Å². The molecule has 5 nitrogen and oxygen atoms in total. The van der Waals surface area contributed by atoms with Gasteiger partial charge >= 0.3 is 0 Å². The van der Waals surface area contributed by atoms with Gasteiger partial charge in [-0.05, 0) is 58.5 Å². The van der Waals surface area contributed by atoms with Gasteiger partial charge in [0.25, 0.3) is 0 Å². The van der Waals surface area contributed by atoms with Crippen LogP contribution in [0.4, 0.5) is 4.39 Å². The Kier molecular flexibility index (Phi) is 6.87. The molecule has 0 fully saturated rings. The topological polar surface area (TPSA) is 82.7 Å². The maximum Gasteiger partial charge on any atom is 0.221 e. The Morgan fingerprint density at radius 2 is 1.65 bits per heavy atom. The molecule has 0 saturated carbocycles. The molecule has 0 aliphatic carbocycles. The standard InChI is InChI=1S/C28H25FN4O/c1-18(2)21-7-3-4-8-22(21)23-12-11-20(29)16-24(23)28(31)34-27(30)15-19-10-13-26(33-17-19)25-9-5-6-14-32-25/h3-14,16-18,30-31H,15H2,1-2H3. The lowest BCUT2D eigenvalue weighted by Crippen LogP contribution is -2.15. The summed E-state index contributed by atoms with van der Waals surface area (Å²) in [6, 6.07) is 21.5. The second kappa shape index (κ2) is 10.2. The predicted octanol–water partition coefficient (Wildman–Crippen LogP) is 6.64. The molecule has 6 heteroatoms. The summed E-state index contributed by atoms with van der Waals surface area (Å²) in [5.41, 5.74) is 5.28. The zero-order valence-corrected chi connectivity index (χ0v) is 19.0. The molecule has 2 heterocycles. The number of ether oxygens (including phenoxy) is 1. The molecule has 4 rings (SSSR count). The molecular formula is C28H25FN4O. The summed E-state index contributed by atoms with van der Waals surface area (Å²) in [5.74, 6) is -0.597. The van der Waals surface area contributed by atoms with Crippen LogP contribution in [-0.4, -0.2) is 21.8 Å². The summed E-state index contributed by atoms with van der Waals surface area (Å²) >= 11 is 0. The lowest BCUT2D eigenvalue weighted by molar-refractivity contribution is 0.522. The normalized spacial score (nSPS) is 10.8. The minimum atomic E-state index is -0.463. The molecule has 0 bridgehead atoms. The fourth-order valence-electron chi connectivity index (χ4n) is 3.78. The predicted molar refractivity (Wildman–Crippen MR) is 133 cm³/mol. The second-order valence-electron chi connectivity index (χ2n) is 8.23. The first-order chi connectivity index (χ1) is 16.4. The van der Waals surface area contributed by atoms with Gasteiger partial charge in [0.1, 0.15) is 5.82 Å². The van der Waals surface area contributed by atoms with Crippen LogP contribution in [0.3, 0.4) is 0 Å². The molecule has 2 aromatic carbocycles. The number of aromatic nitrogens is 2. The van der Waals surface area contributed by atoms with E-state index in [1.807, 2.05) is 54.6 Å². The van der Waals surface area contributed by atoms with Gasteiger partial charge in [0.15, 0.2) is 5.90 Å². The van der Waals surface area contributed by atoms with Crippen molar-refractivity contribution in [3.05, 3.63) is 108 Å². The van der Waals surface area contributed by atoms with Crippen molar-refractivity contribution in [3.8, 4) is 22.5 Å². The van der Waals surface area contributed by atoms with E-state index in [9.17, 15) is 4.39 Å². The van der Waals surface area contributed by atoms with Gasteiger partial charge in [-0.15, -0.1) is 0 Å². The third kappa shape index (κ3) is 5.23. The van der Waals surface area contributed by atoms with Gasteiger partial charge in [-0.2, -0.15) is 0 Å². The van der Waals surface area contributed by atoms with Crippen molar-refractivity contribution in [2.45, 2.75) is 26.2 Å². The molecule has 0 aliphatic heterocycles. The van der Waals surface area contributed by atoms with Gasteiger partial charge in [-0.3, -0.25) is 20.8 Å². The van der Waals surface area contributed by atoms with E-state index in [2.05, 4.69) is 23.8 Å². The fourth-order valence-corrected chi connectivity index (χ4v) is 3.78. The molecule has 0 aliphatic rings. The van der Waals surface area contributed by atoms with E-state index in [0.717, 1.165) is 28.1 Å². The van der Waals surface area contributed by atoms with Crippen molar-refractivity contribution in [2.75, 3.05) is 0 Å². The fraction of sp³-hybridized carbons (Fsp3) is 0.143. The minimum absolute atomic E-state index is 0.121. The van der Waals surface area contributed by atoms with Gasteiger partial charge in [0.2, 0.25) is 5.90 Å². The zero-order chi connectivity index (χ0) is 24.1. The van der Waals surface area contributed by atoms with Gasteiger partial charge in [0.05, 0.1) is 17.8 Å². The summed E-state index contributed by atoms with van der Waals surface area (Å²) in [5, 5.41) is 16.7. The summed E-state index contributed by atoms with van der Waals surface area (Å²) in [4.78, 5) is 8.69. The Labute approximate surface area is 198 Å². The summed E-state index contributed by atoms with van der Waals surface area (Å²) in [6.45, 7) is 4.18. The van der Waals surface area contributed by atoms with E-state index in [0.29, 0.717) is 11.1 Å². The lowest BCUT2D eigenvalue weighted by atomic mass is 9.90. The highest BCUT2D eigenvalue weighted by molar-refractivity contribution is 6.04. The van der Waals surface area contributed by atoms with E-state index >= 15 is 0 Å². The maximum absolute atomic E-state index is 14.1. The Balaban J connectivity index is 1.52. The van der Waals surface area contributed by atoms with Crippen LogP contribution in [0.15, 0.2) is 85.2 Å². The summed E-state index contributed by atoms with van der Waals surface area (Å²) in [6.07, 6.45) is 3.53. The van der Waals surface area contributed by atoms with Crippen LogP contribution in [-0.2, 0) is 11.2 Å². The number of nitrogens with zero attached hydrogens (tertiary/aromatic N) is 2. The van der Waals surface area contributed by atoms with Crippen LogP contribution in [0.1, 0.15) is 36.5 Å². The molecule has 2 N–H and O–H groups in total. The van der Waals surface area contributed by atoms with Crippen LogP contribution in [0, 0.1) is 16.6 Å². The molecular weight excluding hydrogens is 427 g/mol. The Morgan fingerprint density at radius 1 is 0.882 bits per heavy atom. The minimum Gasteiger partial charge on any atom is -0.425 e. The van der Waals surface area contributed by atoms with Gasteiger partial charge in [-0.25, -0.2) is 4.39 Å². The smallest absolute Gasteiger partial charge is 0.221 e. The average Bonchev–Trinajstić information content (AvgIpc) is 2.85. The molecule has 0 radical (unpaired) electrons. The number of pyridine rings is 2. The van der Waals surface area contributed by atoms with Crippen LogP contribution >= 0.6 is 0 Å². The number of hydrogen-bond acceptors (Lipinski definition) is 5. The number of halogens is 1. The third-order valence-electron chi connectivity index (χ3n) is 5.44. The Bertz CT molecular complexity index is 1320. The van der Waals surface area contributed by atoms with Crippen molar-refractivity contribution in [2.24, 2.45) is 0 Å². The molecule has 0 amide bonds. The van der Waals surface area contributed by atoms with Crippen LogP contribution in [0.2, 0.25) is 0 Å². The molecule has 0 unspecified atom stereocenters. The first-order valence-electron chi connectivity index (χ1n) is 11.0. The molecule has 0 spiro atoms. The zero-order valence-electron chi connectivity index (χ0n) is 19.0. The average molecular weight is 453 g/mol. The number of benzene rings is 2. The van der Waals surface area contributed by atoms with E-state index in [1.165, 1.54) is 12.1 Å². The highest BCUT2D eigenvalue weighted by Crippen LogP contribution is 2.32. The van der Waals surface area contributed by atoms with Crippen molar-refractivity contribution in [1.82, 2.24) is 9.97 Å². The van der Waals surface area contributed by atoms with Crippen molar-refractivity contribution in [1.29, 1.82) is 10.8 Å². The van der Waals surface area contributed by atoms with Crippen molar-refractivity contribution in [3.63, 3.8) is 0 Å². The summed E-state index contributed by atoms with van der Waals surface area (Å²) in [7, 11) is 0. The van der Waals surface area contributed by atoms with Crippen LogP contribution in [0.25, 0.3) is 22.5 Å². The highest BCUT2D eigenvalue weighted by atomic mass is 19.1. The van der Waals surface area contributed by atoms with E-state index in [4.69, 9.17) is 15.6 Å². The van der Waals surface area contributed by atoms with E-state index in [1.54, 1.807) is 18.5 Å². The third-order valence-corrected chi connectivity index (χ3v) is 5.44. The van der Waals surface area contributed by atoms with E-state index in [-0.39, 0.29) is 24.1 Å². The van der Waals surface area contributed by atoms with Crippen molar-refractivity contribution < 1.29 is 9.13 Å². The second-order valence-corrected chi connectivity index (χ2v) is 8.23. The monoisotopic (exact) mass is 452 g/mol. The molecule has 4 aromatic rings. The van der Waals surface area contributed by atoms with Crippen LogP contribution in [0.5, 0.6) is 0 Å². The number of hydrogen-bond donors (Lipinski definition) is 2.